The normalized spacial score (nSPS) is 11.6. The summed E-state index contributed by atoms with van der Waals surface area (Å²) in [6, 6.07) is 4.88. The minimum atomic E-state index is -0.722. The fourth-order valence-corrected chi connectivity index (χ4v) is 1.74. The first-order valence-corrected chi connectivity index (χ1v) is 6.56. The first-order chi connectivity index (χ1) is 9.74. The minimum absolute atomic E-state index is 0.147. The fraction of sp³-hybridized carbons (Fsp3) is 0.357. The molecule has 1 aromatic carbocycles. The molecule has 112 valence electrons. The van der Waals surface area contributed by atoms with E-state index in [4.69, 9.17) is 0 Å². The van der Waals surface area contributed by atoms with Crippen LogP contribution in [0.2, 0.25) is 0 Å². The second-order valence-corrected chi connectivity index (χ2v) is 5.82. The number of carbonyl (C=O) groups excluding carboxylic acids is 1. The van der Waals surface area contributed by atoms with Gasteiger partial charge >= 0.3 is 11.1 Å². The van der Waals surface area contributed by atoms with Gasteiger partial charge in [0.15, 0.2) is 0 Å². The molecule has 0 aliphatic heterocycles. The molecule has 0 fully saturated rings. The molecule has 0 aliphatic carbocycles. The van der Waals surface area contributed by atoms with Crippen molar-refractivity contribution in [3.63, 3.8) is 0 Å². The number of nitrogens with one attached hydrogen (secondary N) is 4. The summed E-state index contributed by atoms with van der Waals surface area (Å²) in [5.74, 6) is -0.184. The lowest BCUT2D eigenvalue weighted by Crippen LogP contribution is -2.41. The molecule has 7 heteroatoms. The molecule has 2 aromatic rings. The van der Waals surface area contributed by atoms with E-state index in [-0.39, 0.29) is 18.0 Å². The molecular formula is C14H18N4O3. The van der Waals surface area contributed by atoms with Gasteiger partial charge in [-0.2, -0.15) is 0 Å². The standard InChI is InChI=1S/C14H18N4O3/c1-14(2,3)15-7-11(19)16-8-4-5-9-10(6-8)18-13(21)12(20)17-9/h4-6,15H,7H2,1-3H3,(H,16,19)(H,17,20)(H,18,21). The van der Waals surface area contributed by atoms with Crippen LogP contribution in [0, 0.1) is 0 Å². The van der Waals surface area contributed by atoms with Crippen molar-refractivity contribution in [1.82, 2.24) is 15.3 Å². The highest BCUT2D eigenvalue weighted by Crippen LogP contribution is 2.13. The second-order valence-electron chi connectivity index (χ2n) is 5.82. The smallest absolute Gasteiger partial charge is 0.314 e. The Labute approximate surface area is 120 Å². The number of carbonyl (C=O) groups is 1. The molecule has 2 rings (SSSR count). The average Bonchev–Trinajstić information content (AvgIpc) is 2.37. The zero-order chi connectivity index (χ0) is 15.6. The van der Waals surface area contributed by atoms with Gasteiger partial charge in [-0.25, -0.2) is 0 Å². The lowest BCUT2D eigenvalue weighted by Gasteiger charge is -2.20. The molecule has 0 aliphatic rings. The van der Waals surface area contributed by atoms with Gasteiger partial charge in [-0.05, 0) is 39.0 Å². The topological polar surface area (TPSA) is 107 Å². The Bertz CT molecular complexity index is 783. The number of aromatic nitrogens is 2. The van der Waals surface area contributed by atoms with E-state index < -0.39 is 11.1 Å². The Balaban J connectivity index is 2.16. The van der Waals surface area contributed by atoms with E-state index in [2.05, 4.69) is 20.6 Å². The van der Waals surface area contributed by atoms with Crippen LogP contribution in [0.25, 0.3) is 11.0 Å². The van der Waals surface area contributed by atoms with Gasteiger partial charge in [0.1, 0.15) is 0 Å². The van der Waals surface area contributed by atoms with Gasteiger partial charge in [-0.1, -0.05) is 0 Å². The van der Waals surface area contributed by atoms with Crippen molar-refractivity contribution in [2.24, 2.45) is 0 Å². The summed E-state index contributed by atoms with van der Waals surface area (Å²) in [5.41, 5.74) is -0.0580. The van der Waals surface area contributed by atoms with Gasteiger partial charge in [0.05, 0.1) is 17.6 Å². The molecule has 4 N–H and O–H groups in total. The first kappa shape index (κ1) is 15.0. The van der Waals surface area contributed by atoms with Crippen molar-refractivity contribution in [2.75, 3.05) is 11.9 Å². The second kappa shape index (κ2) is 5.53. The predicted molar refractivity (Wildman–Crippen MR) is 81.6 cm³/mol. The summed E-state index contributed by atoms with van der Waals surface area (Å²) < 4.78 is 0. The maximum absolute atomic E-state index is 11.8. The zero-order valence-corrected chi connectivity index (χ0v) is 12.2. The summed E-state index contributed by atoms with van der Waals surface area (Å²) in [5, 5.41) is 5.80. The molecule has 0 bridgehead atoms. The Morgan fingerprint density at radius 2 is 1.71 bits per heavy atom. The number of fused-ring (bicyclic) bond motifs is 1. The quantitative estimate of drug-likeness (QED) is 0.619. The Morgan fingerprint density at radius 3 is 2.33 bits per heavy atom. The van der Waals surface area contributed by atoms with Crippen LogP contribution >= 0.6 is 0 Å². The number of aromatic amines is 2. The number of hydrogen-bond acceptors (Lipinski definition) is 4. The van der Waals surface area contributed by atoms with Crippen molar-refractivity contribution in [1.29, 1.82) is 0 Å². The number of H-pyrrole nitrogens is 2. The third kappa shape index (κ3) is 4.03. The number of hydrogen-bond donors (Lipinski definition) is 4. The van der Waals surface area contributed by atoms with Crippen LogP contribution in [-0.4, -0.2) is 28.0 Å². The molecule has 0 saturated carbocycles. The highest BCUT2D eigenvalue weighted by atomic mass is 16.2. The molecule has 0 atom stereocenters. The van der Waals surface area contributed by atoms with Crippen LogP contribution < -0.4 is 21.8 Å². The van der Waals surface area contributed by atoms with E-state index >= 15 is 0 Å². The summed E-state index contributed by atoms with van der Waals surface area (Å²) >= 11 is 0. The first-order valence-electron chi connectivity index (χ1n) is 6.56. The number of rotatable bonds is 3. The van der Waals surface area contributed by atoms with Crippen molar-refractivity contribution in [2.45, 2.75) is 26.3 Å². The molecule has 0 spiro atoms. The van der Waals surface area contributed by atoms with Crippen LogP contribution in [0.3, 0.4) is 0 Å². The summed E-state index contributed by atoms with van der Waals surface area (Å²) in [6.45, 7) is 6.09. The average molecular weight is 290 g/mol. The maximum atomic E-state index is 11.8. The van der Waals surface area contributed by atoms with E-state index in [1.807, 2.05) is 20.8 Å². The van der Waals surface area contributed by atoms with Crippen LogP contribution in [0.4, 0.5) is 5.69 Å². The van der Waals surface area contributed by atoms with E-state index in [9.17, 15) is 14.4 Å². The Hall–Kier alpha value is -2.41. The van der Waals surface area contributed by atoms with Gasteiger partial charge < -0.3 is 20.6 Å². The van der Waals surface area contributed by atoms with E-state index in [0.717, 1.165) is 0 Å². The molecule has 1 aromatic heterocycles. The van der Waals surface area contributed by atoms with E-state index in [0.29, 0.717) is 16.7 Å². The summed E-state index contributed by atoms with van der Waals surface area (Å²) in [7, 11) is 0. The van der Waals surface area contributed by atoms with Crippen LogP contribution in [-0.2, 0) is 4.79 Å². The SMILES string of the molecule is CC(C)(C)NCC(=O)Nc1ccc2[nH]c(=O)c(=O)[nH]c2c1. The monoisotopic (exact) mass is 290 g/mol. The molecule has 0 saturated heterocycles. The van der Waals surface area contributed by atoms with E-state index in [1.54, 1.807) is 18.2 Å². The highest BCUT2D eigenvalue weighted by Gasteiger charge is 2.11. The van der Waals surface area contributed by atoms with Gasteiger partial charge in [-0.15, -0.1) is 0 Å². The van der Waals surface area contributed by atoms with Crippen molar-refractivity contribution < 1.29 is 4.79 Å². The lowest BCUT2D eigenvalue weighted by atomic mass is 10.1. The van der Waals surface area contributed by atoms with Crippen molar-refractivity contribution in [3.8, 4) is 0 Å². The van der Waals surface area contributed by atoms with E-state index in [1.165, 1.54) is 0 Å². The lowest BCUT2D eigenvalue weighted by molar-refractivity contribution is -0.115. The molecule has 21 heavy (non-hydrogen) atoms. The highest BCUT2D eigenvalue weighted by molar-refractivity contribution is 5.94. The summed E-state index contributed by atoms with van der Waals surface area (Å²) in [4.78, 5) is 39.2. The fourth-order valence-electron chi connectivity index (χ4n) is 1.74. The minimum Gasteiger partial charge on any atom is -0.325 e. The molecule has 0 unspecified atom stereocenters. The Kier molecular flexibility index (Phi) is 3.95. The molecule has 7 nitrogen and oxygen atoms in total. The third-order valence-electron chi connectivity index (χ3n) is 2.79. The molecule has 0 radical (unpaired) electrons. The van der Waals surface area contributed by atoms with Crippen LogP contribution in [0.1, 0.15) is 20.8 Å². The Morgan fingerprint density at radius 1 is 1.10 bits per heavy atom. The maximum Gasteiger partial charge on any atom is 0.314 e. The van der Waals surface area contributed by atoms with Crippen LogP contribution in [0.5, 0.6) is 0 Å². The predicted octanol–water partition coefficient (Wildman–Crippen LogP) is 0.543. The van der Waals surface area contributed by atoms with Gasteiger partial charge in [0.25, 0.3) is 0 Å². The molecule has 1 amide bonds. The van der Waals surface area contributed by atoms with Crippen molar-refractivity contribution >= 4 is 22.6 Å². The number of anilines is 1. The summed E-state index contributed by atoms with van der Waals surface area (Å²) in [6.07, 6.45) is 0. The third-order valence-corrected chi connectivity index (χ3v) is 2.79. The largest absolute Gasteiger partial charge is 0.325 e. The molecule has 1 heterocycles. The van der Waals surface area contributed by atoms with Crippen molar-refractivity contribution in [3.05, 3.63) is 38.9 Å². The zero-order valence-electron chi connectivity index (χ0n) is 12.2. The number of benzene rings is 1. The van der Waals surface area contributed by atoms with Crippen LogP contribution in [0.15, 0.2) is 27.8 Å². The van der Waals surface area contributed by atoms with Gasteiger partial charge in [-0.3, -0.25) is 14.4 Å². The number of amides is 1. The van der Waals surface area contributed by atoms with Gasteiger partial charge in [0.2, 0.25) is 5.91 Å². The molecular weight excluding hydrogens is 272 g/mol. The van der Waals surface area contributed by atoms with Gasteiger partial charge in [0, 0.05) is 11.2 Å².